The number of aromatic carboxylic acids is 1. The second kappa shape index (κ2) is 6.26. The van der Waals surface area contributed by atoms with Crippen LogP contribution in [0.3, 0.4) is 0 Å². The molecule has 0 aliphatic carbocycles. The number of carboxylic acid groups (broad SMARTS) is 1. The molecular formula is C11H9Cl2NO4S. The van der Waals surface area contributed by atoms with Crippen LogP contribution in [0.25, 0.3) is 0 Å². The molecule has 0 aliphatic heterocycles. The van der Waals surface area contributed by atoms with E-state index in [1.54, 1.807) is 6.92 Å². The first-order valence-electron chi connectivity index (χ1n) is 4.91. The van der Waals surface area contributed by atoms with Crippen LogP contribution in [-0.4, -0.2) is 26.0 Å². The fourth-order valence-corrected chi connectivity index (χ4v) is 3.04. The lowest BCUT2D eigenvalue weighted by molar-refractivity contribution is 0.0697. The van der Waals surface area contributed by atoms with Gasteiger partial charge in [-0.25, -0.2) is 13.2 Å². The van der Waals surface area contributed by atoms with Crippen molar-refractivity contribution in [3.63, 3.8) is 0 Å². The zero-order valence-corrected chi connectivity index (χ0v) is 12.0. The van der Waals surface area contributed by atoms with E-state index in [4.69, 9.17) is 28.3 Å². The van der Waals surface area contributed by atoms with E-state index >= 15 is 0 Å². The van der Waals surface area contributed by atoms with Gasteiger partial charge in [-0.3, -0.25) is 0 Å². The molecule has 1 aromatic carbocycles. The van der Waals surface area contributed by atoms with Crippen LogP contribution in [0.2, 0.25) is 10.0 Å². The maximum absolute atomic E-state index is 11.9. The Hall–Kier alpha value is -1.26. The Morgan fingerprint density at radius 1 is 1.42 bits per heavy atom. The molecule has 2 N–H and O–H groups in total. The highest BCUT2D eigenvalue weighted by molar-refractivity contribution is 7.89. The minimum Gasteiger partial charge on any atom is -0.478 e. The lowest BCUT2D eigenvalue weighted by Crippen LogP contribution is -2.24. The Balaban J connectivity index is 3.33. The molecule has 0 saturated heterocycles. The summed E-state index contributed by atoms with van der Waals surface area (Å²) in [6.07, 6.45) is 0. The average Bonchev–Trinajstić information content (AvgIpc) is 2.31. The molecule has 0 unspecified atom stereocenters. The van der Waals surface area contributed by atoms with Crippen molar-refractivity contribution in [1.29, 1.82) is 0 Å². The number of nitrogens with one attached hydrogen (secondary N) is 1. The van der Waals surface area contributed by atoms with E-state index in [1.807, 2.05) is 0 Å². The van der Waals surface area contributed by atoms with Gasteiger partial charge < -0.3 is 5.11 Å². The van der Waals surface area contributed by atoms with Crippen LogP contribution in [-0.2, 0) is 10.0 Å². The smallest absolute Gasteiger partial charge is 0.337 e. The maximum atomic E-state index is 11.9. The number of carboxylic acids is 1. The summed E-state index contributed by atoms with van der Waals surface area (Å²) in [5, 5.41) is 8.48. The first-order chi connectivity index (χ1) is 8.79. The summed E-state index contributed by atoms with van der Waals surface area (Å²) in [4.78, 5) is 10.5. The maximum Gasteiger partial charge on any atom is 0.337 e. The quantitative estimate of drug-likeness (QED) is 0.831. The molecule has 0 aliphatic rings. The molecular weight excluding hydrogens is 313 g/mol. The highest BCUT2D eigenvalue weighted by Crippen LogP contribution is 2.29. The van der Waals surface area contributed by atoms with Crippen molar-refractivity contribution in [3.05, 3.63) is 27.7 Å². The molecule has 1 rings (SSSR count). The van der Waals surface area contributed by atoms with Crippen molar-refractivity contribution in [2.24, 2.45) is 0 Å². The summed E-state index contributed by atoms with van der Waals surface area (Å²) in [7, 11) is -3.97. The van der Waals surface area contributed by atoms with E-state index < -0.39 is 25.9 Å². The molecule has 0 bridgehead atoms. The van der Waals surface area contributed by atoms with Gasteiger partial charge in [0.25, 0.3) is 0 Å². The van der Waals surface area contributed by atoms with E-state index in [1.165, 1.54) is 0 Å². The van der Waals surface area contributed by atoms with Gasteiger partial charge in [-0.2, -0.15) is 4.72 Å². The Morgan fingerprint density at radius 2 is 2.05 bits per heavy atom. The molecule has 5 nitrogen and oxygen atoms in total. The monoisotopic (exact) mass is 321 g/mol. The van der Waals surface area contributed by atoms with E-state index in [9.17, 15) is 13.2 Å². The van der Waals surface area contributed by atoms with Crippen LogP contribution in [0.1, 0.15) is 17.3 Å². The van der Waals surface area contributed by atoms with Gasteiger partial charge in [0.15, 0.2) is 0 Å². The van der Waals surface area contributed by atoms with Crippen molar-refractivity contribution >= 4 is 39.2 Å². The van der Waals surface area contributed by atoms with Crippen LogP contribution < -0.4 is 4.72 Å². The Bertz CT molecular complexity index is 674. The van der Waals surface area contributed by atoms with Gasteiger partial charge in [-0.05, 0) is 19.1 Å². The van der Waals surface area contributed by atoms with E-state index in [-0.39, 0.29) is 17.1 Å². The number of rotatable bonds is 4. The predicted octanol–water partition coefficient (Wildman–Crippen LogP) is 1.99. The van der Waals surface area contributed by atoms with Gasteiger partial charge in [0, 0.05) is 5.02 Å². The Kier molecular flexibility index (Phi) is 5.20. The average molecular weight is 322 g/mol. The van der Waals surface area contributed by atoms with Gasteiger partial charge in [0.1, 0.15) is 4.90 Å². The standard InChI is InChI=1S/C11H9Cl2NO4S/c1-2-3-4-14-19(17,18)9-6-7(12)5-8(10(9)13)11(15)16/h5-6,14H,4H2,1H3,(H,15,16). The topological polar surface area (TPSA) is 83.5 Å². The highest BCUT2D eigenvalue weighted by atomic mass is 35.5. The summed E-state index contributed by atoms with van der Waals surface area (Å²) in [5.41, 5.74) is -0.379. The molecule has 102 valence electrons. The molecule has 8 heteroatoms. The van der Waals surface area contributed by atoms with Crippen molar-refractivity contribution in [2.45, 2.75) is 11.8 Å². The molecule has 19 heavy (non-hydrogen) atoms. The van der Waals surface area contributed by atoms with Gasteiger partial charge in [0.2, 0.25) is 10.0 Å². The van der Waals surface area contributed by atoms with Crippen LogP contribution in [0.15, 0.2) is 17.0 Å². The Labute approximate surface area is 120 Å². The number of hydrogen-bond acceptors (Lipinski definition) is 3. The minimum atomic E-state index is -3.97. The van der Waals surface area contributed by atoms with Crippen LogP contribution in [0.4, 0.5) is 0 Å². The molecule has 1 aromatic rings. The molecule has 0 saturated carbocycles. The third kappa shape index (κ3) is 3.85. The largest absolute Gasteiger partial charge is 0.478 e. The molecule has 0 atom stereocenters. The normalized spacial score (nSPS) is 10.7. The number of hydrogen-bond donors (Lipinski definition) is 2. The first-order valence-corrected chi connectivity index (χ1v) is 7.15. The second-order valence-corrected chi connectivity index (χ2v) is 5.87. The fraction of sp³-hybridized carbons (Fsp3) is 0.182. The number of halogens is 2. The fourth-order valence-electron chi connectivity index (χ4n) is 1.21. The summed E-state index contributed by atoms with van der Waals surface area (Å²) in [6, 6.07) is 2.16. The third-order valence-corrected chi connectivity index (χ3v) is 4.21. The van der Waals surface area contributed by atoms with Crippen LogP contribution in [0.5, 0.6) is 0 Å². The van der Waals surface area contributed by atoms with E-state index in [0.717, 1.165) is 12.1 Å². The molecule has 0 aromatic heterocycles. The molecule has 0 amide bonds. The summed E-state index contributed by atoms with van der Waals surface area (Å²) in [6.45, 7) is 1.45. The van der Waals surface area contributed by atoms with Gasteiger partial charge >= 0.3 is 5.97 Å². The van der Waals surface area contributed by atoms with Crippen LogP contribution in [0, 0.1) is 11.8 Å². The number of sulfonamides is 1. The second-order valence-electron chi connectivity index (χ2n) is 3.32. The lowest BCUT2D eigenvalue weighted by Gasteiger charge is -2.09. The van der Waals surface area contributed by atoms with E-state index in [0.29, 0.717) is 0 Å². The van der Waals surface area contributed by atoms with Gasteiger partial charge in [-0.1, -0.05) is 29.1 Å². The summed E-state index contributed by atoms with van der Waals surface area (Å²) >= 11 is 11.5. The Morgan fingerprint density at radius 3 is 2.58 bits per heavy atom. The molecule has 0 spiro atoms. The van der Waals surface area contributed by atoms with Crippen molar-refractivity contribution in [1.82, 2.24) is 4.72 Å². The summed E-state index contributed by atoms with van der Waals surface area (Å²) < 4.78 is 26.1. The zero-order valence-electron chi connectivity index (χ0n) is 9.70. The third-order valence-electron chi connectivity index (χ3n) is 2.05. The SMILES string of the molecule is CC#CCNS(=O)(=O)c1cc(Cl)cc(C(=O)O)c1Cl. The molecule has 0 heterocycles. The number of benzene rings is 1. The van der Waals surface area contributed by atoms with E-state index in [2.05, 4.69) is 16.6 Å². The predicted molar refractivity (Wildman–Crippen MR) is 72.1 cm³/mol. The minimum absolute atomic E-state index is 0.0382. The molecule has 0 fully saturated rings. The number of carbonyl (C=O) groups is 1. The summed E-state index contributed by atoms with van der Waals surface area (Å²) in [5.74, 6) is 3.67. The highest BCUT2D eigenvalue weighted by Gasteiger charge is 2.23. The van der Waals surface area contributed by atoms with Crippen molar-refractivity contribution in [3.8, 4) is 11.8 Å². The van der Waals surface area contributed by atoms with Crippen molar-refractivity contribution in [2.75, 3.05) is 6.54 Å². The first kappa shape index (κ1) is 15.8. The lowest BCUT2D eigenvalue weighted by atomic mass is 10.2. The van der Waals surface area contributed by atoms with Gasteiger partial charge in [0.05, 0.1) is 17.1 Å². The van der Waals surface area contributed by atoms with Gasteiger partial charge in [-0.15, -0.1) is 5.92 Å². The van der Waals surface area contributed by atoms with Crippen molar-refractivity contribution < 1.29 is 18.3 Å². The zero-order chi connectivity index (χ0) is 14.6. The van der Waals surface area contributed by atoms with Crippen LogP contribution >= 0.6 is 23.2 Å². The molecule has 0 radical (unpaired) electrons.